The Morgan fingerprint density at radius 2 is 2.14 bits per heavy atom. The van der Waals surface area contributed by atoms with Crippen LogP contribution in [-0.4, -0.2) is 23.7 Å². The van der Waals surface area contributed by atoms with Crippen LogP contribution in [0.1, 0.15) is 11.1 Å². The van der Waals surface area contributed by atoms with Crippen LogP contribution in [0.5, 0.6) is 0 Å². The van der Waals surface area contributed by atoms with E-state index in [-0.39, 0.29) is 22.8 Å². The Labute approximate surface area is 134 Å². The standard InChI is InChI=1S/C14H10N4O2S2/c1-17-11(19)7-22-14-9(6-16)12(10-3-2-4-21-10)8(5-15)13(20)18-14/h2-4H,7H2,1H3,(H,17,19)(H,18,20). The lowest BCUT2D eigenvalue weighted by Gasteiger charge is -2.09. The van der Waals surface area contributed by atoms with Gasteiger partial charge < -0.3 is 10.3 Å². The van der Waals surface area contributed by atoms with Gasteiger partial charge in [-0.3, -0.25) is 9.59 Å². The zero-order valence-electron chi connectivity index (χ0n) is 11.5. The van der Waals surface area contributed by atoms with E-state index in [0.717, 1.165) is 11.8 Å². The Hall–Kier alpha value is -2.55. The summed E-state index contributed by atoms with van der Waals surface area (Å²) in [6, 6.07) is 7.41. The number of pyridine rings is 1. The maximum absolute atomic E-state index is 12.1. The summed E-state index contributed by atoms with van der Waals surface area (Å²) in [7, 11) is 1.51. The number of H-pyrrole nitrogens is 1. The van der Waals surface area contributed by atoms with E-state index in [9.17, 15) is 20.1 Å². The number of rotatable bonds is 4. The average Bonchev–Trinajstić information content (AvgIpc) is 3.05. The van der Waals surface area contributed by atoms with Crippen molar-refractivity contribution in [3.05, 3.63) is 39.0 Å². The third kappa shape index (κ3) is 3.03. The Balaban J connectivity index is 2.63. The number of aromatic nitrogens is 1. The molecule has 2 heterocycles. The van der Waals surface area contributed by atoms with Crippen LogP contribution in [0.2, 0.25) is 0 Å². The second kappa shape index (κ2) is 6.94. The molecule has 0 aliphatic heterocycles. The van der Waals surface area contributed by atoms with E-state index in [0.29, 0.717) is 15.5 Å². The fraction of sp³-hybridized carbons (Fsp3) is 0.143. The minimum absolute atomic E-state index is 0.0664. The number of nitrogens with one attached hydrogen (secondary N) is 2. The van der Waals surface area contributed by atoms with Crippen molar-refractivity contribution in [1.29, 1.82) is 10.5 Å². The summed E-state index contributed by atoms with van der Waals surface area (Å²) in [4.78, 5) is 26.6. The van der Waals surface area contributed by atoms with E-state index in [4.69, 9.17) is 0 Å². The van der Waals surface area contributed by atoms with Gasteiger partial charge in [0.05, 0.1) is 16.3 Å². The van der Waals surface area contributed by atoms with Crippen LogP contribution < -0.4 is 10.9 Å². The maximum atomic E-state index is 12.1. The number of nitriles is 2. The van der Waals surface area contributed by atoms with Gasteiger partial charge in [0.25, 0.3) is 5.56 Å². The number of amides is 1. The molecule has 6 nitrogen and oxygen atoms in total. The predicted octanol–water partition coefficient (Wildman–Crippen LogP) is 1.68. The van der Waals surface area contributed by atoms with Gasteiger partial charge in [-0.05, 0) is 11.4 Å². The number of carbonyl (C=O) groups excluding carboxylic acids is 1. The monoisotopic (exact) mass is 330 g/mol. The summed E-state index contributed by atoms with van der Waals surface area (Å²) in [5.41, 5.74) is -0.136. The number of thioether (sulfide) groups is 1. The first-order chi connectivity index (χ1) is 10.6. The maximum Gasteiger partial charge on any atom is 0.267 e. The molecule has 22 heavy (non-hydrogen) atoms. The van der Waals surface area contributed by atoms with Crippen LogP contribution in [0.15, 0.2) is 27.3 Å². The zero-order chi connectivity index (χ0) is 16.1. The van der Waals surface area contributed by atoms with Crippen molar-refractivity contribution in [1.82, 2.24) is 10.3 Å². The van der Waals surface area contributed by atoms with Crippen LogP contribution in [0, 0.1) is 22.7 Å². The summed E-state index contributed by atoms with van der Waals surface area (Å²) >= 11 is 2.39. The molecule has 0 saturated carbocycles. The van der Waals surface area contributed by atoms with Crippen LogP contribution in [0.25, 0.3) is 10.4 Å². The SMILES string of the molecule is CNC(=O)CSc1[nH]c(=O)c(C#N)c(-c2cccs2)c1C#N. The van der Waals surface area contributed by atoms with Gasteiger partial charge in [-0.2, -0.15) is 10.5 Å². The van der Waals surface area contributed by atoms with Crippen molar-refractivity contribution < 1.29 is 4.79 Å². The molecule has 0 spiro atoms. The molecule has 0 aliphatic rings. The molecular weight excluding hydrogens is 320 g/mol. The topological polar surface area (TPSA) is 110 Å². The molecule has 0 atom stereocenters. The second-order valence-electron chi connectivity index (χ2n) is 4.07. The number of hydrogen-bond acceptors (Lipinski definition) is 6. The summed E-state index contributed by atoms with van der Waals surface area (Å²) < 4.78 is 0. The Bertz CT molecular complexity index is 841. The Morgan fingerprint density at radius 3 is 2.68 bits per heavy atom. The van der Waals surface area contributed by atoms with Gasteiger partial charge in [-0.25, -0.2) is 0 Å². The van der Waals surface area contributed by atoms with Gasteiger partial charge in [-0.15, -0.1) is 11.3 Å². The highest BCUT2D eigenvalue weighted by Crippen LogP contribution is 2.33. The van der Waals surface area contributed by atoms with Crippen molar-refractivity contribution in [2.75, 3.05) is 12.8 Å². The van der Waals surface area contributed by atoms with Crippen LogP contribution in [-0.2, 0) is 4.79 Å². The van der Waals surface area contributed by atoms with Crippen LogP contribution >= 0.6 is 23.1 Å². The fourth-order valence-electron chi connectivity index (χ4n) is 1.78. The number of aromatic amines is 1. The summed E-state index contributed by atoms with van der Waals surface area (Å²) in [5, 5.41) is 23.2. The van der Waals surface area contributed by atoms with Gasteiger partial charge in [0, 0.05) is 17.5 Å². The lowest BCUT2D eigenvalue weighted by Crippen LogP contribution is -2.21. The molecule has 2 rings (SSSR count). The van der Waals surface area contributed by atoms with E-state index in [1.165, 1.54) is 18.4 Å². The molecule has 0 radical (unpaired) electrons. The summed E-state index contributed by atoms with van der Waals surface area (Å²) in [5.74, 6) is -0.159. The van der Waals surface area contributed by atoms with Crippen molar-refractivity contribution in [3.8, 4) is 22.6 Å². The molecule has 8 heteroatoms. The fourth-order valence-corrected chi connectivity index (χ4v) is 3.44. The lowest BCUT2D eigenvalue weighted by atomic mass is 10.0. The summed E-state index contributed by atoms with van der Waals surface area (Å²) in [6.45, 7) is 0. The molecule has 2 aromatic rings. The third-order valence-electron chi connectivity index (χ3n) is 2.80. The van der Waals surface area contributed by atoms with Gasteiger partial charge >= 0.3 is 0 Å². The first-order valence-electron chi connectivity index (χ1n) is 6.10. The van der Waals surface area contributed by atoms with Crippen molar-refractivity contribution >= 4 is 29.0 Å². The highest BCUT2D eigenvalue weighted by molar-refractivity contribution is 8.00. The quantitative estimate of drug-likeness (QED) is 0.829. The number of thiophene rings is 1. The van der Waals surface area contributed by atoms with Gasteiger partial charge in [0.1, 0.15) is 17.7 Å². The Morgan fingerprint density at radius 1 is 1.41 bits per heavy atom. The third-order valence-corrected chi connectivity index (χ3v) is 4.69. The number of nitrogens with zero attached hydrogens (tertiary/aromatic N) is 2. The first-order valence-corrected chi connectivity index (χ1v) is 7.96. The molecule has 2 N–H and O–H groups in total. The molecule has 1 amide bonds. The van der Waals surface area contributed by atoms with Crippen molar-refractivity contribution in [3.63, 3.8) is 0 Å². The minimum atomic E-state index is -0.565. The minimum Gasteiger partial charge on any atom is -0.358 e. The van der Waals surface area contributed by atoms with Gasteiger partial charge in [-0.1, -0.05) is 17.8 Å². The van der Waals surface area contributed by atoms with E-state index < -0.39 is 5.56 Å². The van der Waals surface area contributed by atoms with E-state index in [1.807, 2.05) is 12.1 Å². The first kappa shape index (κ1) is 15.8. The van der Waals surface area contributed by atoms with E-state index >= 15 is 0 Å². The smallest absolute Gasteiger partial charge is 0.267 e. The summed E-state index contributed by atoms with van der Waals surface area (Å²) in [6.07, 6.45) is 0. The molecule has 110 valence electrons. The number of carbonyl (C=O) groups is 1. The van der Waals surface area contributed by atoms with Gasteiger partial charge in [0.15, 0.2) is 0 Å². The molecular formula is C14H10N4O2S2. The molecule has 0 bridgehead atoms. The highest BCUT2D eigenvalue weighted by atomic mass is 32.2. The van der Waals surface area contributed by atoms with Gasteiger partial charge in [0.2, 0.25) is 5.91 Å². The van der Waals surface area contributed by atoms with Crippen LogP contribution in [0.3, 0.4) is 0 Å². The molecule has 0 aromatic carbocycles. The Kier molecular flexibility index (Phi) is 4.99. The molecule has 0 fully saturated rings. The molecule has 0 unspecified atom stereocenters. The van der Waals surface area contributed by atoms with E-state index in [1.54, 1.807) is 17.5 Å². The normalized spacial score (nSPS) is 9.77. The molecule has 2 aromatic heterocycles. The second-order valence-corrected chi connectivity index (χ2v) is 6.00. The lowest BCUT2D eigenvalue weighted by molar-refractivity contribution is -0.118. The van der Waals surface area contributed by atoms with E-state index in [2.05, 4.69) is 10.3 Å². The average molecular weight is 330 g/mol. The zero-order valence-corrected chi connectivity index (χ0v) is 13.1. The van der Waals surface area contributed by atoms with Crippen molar-refractivity contribution in [2.24, 2.45) is 0 Å². The highest BCUT2D eigenvalue weighted by Gasteiger charge is 2.20. The molecule has 0 saturated heterocycles. The van der Waals surface area contributed by atoms with Crippen LogP contribution in [0.4, 0.5) is 0 Å². The number of hydrogen-bond donors (Lipinski definition) is 2. The molecule has 0 aliphatic carbocycles. The predicted molar refractivity (Wildman–Crippen MR) is 84.6 cm³/mol. The largest absolute Gasteiger partial charge is 0.358 e. The van der Waals surface area contributed by atoms with Crippen molar-refractivity contribution in [2.45, 2.75) is 5.03 Å².